The van der Waals surface area contributed by atoms with Gasteiger partial charge in [-0.15, -0.1) is 0 Å². The van der Waals surface area contributed by atoms with Crippen molar-refractivity contribution in [1.82, 2.24) is 0 Å². The minimum atomic E-state index is 1.14. The van der Waals surface area contributed by atoms with Crippen molar-refractivity contribution in [2.75, 3.05) is 0 Å². The van der Waals surface area contributed by atoms with E-state index < -0.39 is 0 Å². The summed E-state index contributed by atoms with van der Waals surface area (Å²) in [6, 6.07) is 0. The van der Waals surface area contributed by atoms with Crippen LogP contribution in [0, 0.1) is 0 Å². The normalized spacial score (nSPS) is 13.2. The highest BCUT2D eigenvalue weighted by Crippen LogP contribution is 2.06. The van der Waals surface area contributed by atoms with Crippen LogP contribution >= 0.6 is 0 Å². The van der Waals surface area contributed by atoms with Crippen molar-refractivity contribution in [2.24, 2.45) is 0 Å². The fraction of sp³-hybridized carbons (Fsp3) is 0.667. The van der Waals surface area contributed by atoms with Crippen LogP contribution in [-0.4, -0.2) is 7.28 Å². The monoisotopic (exact) mass is 177 g/mol. The Morgan fingerprint density at radius 2 is 1.62 bits per heavy atom. The maximum atomic E-state index is 2.35. The molecule has 0 unspecified atom stereocenters. The Labute approximate surface area is 84.4 Å². The Morgan fingerprint density at radius 3 is 2.08 bits per heavy atom. The van der Waals surface area contributed by atoms with E-state index in [1.165, 1.54) is 30.4 Å². The zero-order chi connectivity index (χ0) is 10.1. The molecule has 0 bridgehead atoms. The fourth-order valence-electron chi connectivity index (χ4n) is 1.21. The van der Waals surface area contributed by atoms with E-state index in [1.807, 2.05) is 0 Å². The average molecular weight is 177 g/mol. The highest BCUT2D eigenvalue weighted by Gasteiger charge is 1.87. The third-order valence-corrected chi connectivity index (χ3v) is 2.24. The van der Waals surface area contributed by atoms with E-state index in [0.29, 0.717) is 0 Å². The van der Waals surface area contributed by atoms with Gasteiger partial charge in [0.05, 0.1) is 0 Å². The Balaban J connectivity index is 3.60. The molecule has 0 N–H and O–H groups in total. The number of rotatable bonds is 6. The lowest BCUT2D eigenvalue weighted by atomic mass is 9.75. The van der Waals surface area contributed by atoms with Gasteiger partial charge >= 0.3 is 0 Å². The van der Waals surface area contributed by atoms with Gasteiger partial charge in [-0.05, 0) is 33.1 Å². The standard InChI is InChI=1S/C12H22B/c1-5-11(2)8-6-7-9-12(3)10-13-4/h8-9H,5-7,10H2,1-4H3. The van der Waals surface area contributed by atoms with Crippen LogP contribution in [0.4, 0.5) is 0 Å². The largest absolute Gasteiger partial charge is 0.111 e. The van der Waals surface area contributed by atoms with Gasteiger partial charge in [0.2, 0.25) is 0 Å². The Hall–Kier alpha value is -0.455. The molecule has 0 aromatic carbocycles. The van der Waals surface area contributed by atoms with Gasteiger partial charge in [0.25, 0.3) is 0 Å². The van der Waals surface area contributed by atoms with Crippen molar-refractivity contribution in [1.29, 1.82) is 0 Å². The van der Waals surface area contributed by atoms with E-state index >= 15 is 0 Å². The molecule has 0 aliphatic rings. The molecule has 0 aliphatic carbocycles. The van der Waals surface area contributed by atoms with Crippen LogP contribution in [-0.2, 0) is 0 Å². The molecule has 0 atom stereocenters. The molecular formula is C12H22B. The molecule has 0 nitrogen and oxygen atoms in total. The molecule has 0 fully saturated rings. The molecule has 13 heavy (non-hydrogen) atoms. The summed E-state index contributed by atoms with van der Waals surface area (Å²) in [7, 11) is 2.21. The SMILES string of the molecule is C[B]CC(C)=CCCC=C(C)CC. The summed E-state index contributed by atoms with van der Waals surface area (Å²) < 4.78 is 0. The van der Waals surface area contributed by atoms with Crippen molar-refractivity contribution in [2.45, 2.75) is 53.2 Å². The van der Waals surface area contributed by atoms with Gasteiger partial charge in [-0.1, -0.05) is 43.4 Å². The smallest absolute Gasteiger partial charge is 0.0917 e. The Bertz CT molecular complexity index is 178. The molecule has 1 heteroatoms. The predicted octanol–water partition coefficient (Wildman–Crippen LogP) is 4.24. The summed E-state index contributed by atoms with van der Waals surface area (Å²) in [6.07, 6.45) is 9.40. The number of hydrogen-bond donors (Lipinski definition) is 0. The number of allylic oxidation sites excluding steroid dienone is 4. The summed E-state index contributed by atoms with van der Waals surface area (Å²) in [4.78, 5) is 0. The van der Waals surface area contributed by atoms with Gasteiger partial charge in [0.15, 0.2) is 0 Å². The van der Waals surface area contributed by atoms with E-state index in [2.05, 4.69) is 47.0 Å². The second-order valence-corrected chi connectivity index (χ2v) is 3.64. The van der Waals surface area contributed by atoms with Crippen LogP contribution in [0.15, 0.2) is 23.3 Å². The third kappa shape index (κ3) is 7.89. The molecule has 0 aliphatic heterocycles. The zero-order valence-corrected chi connectivity index (χ0v) is 9.56. The van der Waals surface area contributed by atoms with E-state index in [9.17, 15) is 0 Å². The van der Waals surface area contributed by atoms with Crippen molar-refractivity contribution in [3.63, 3.8) is 0 Å². The van der Waals surface area contributed by atoms with Crippen LogP contribution in [0.2, 0.25) is 13.1 Å². The molecule has 0 rings (SSSR count). The van der Waals surface area contributed by atoms with E-state index in [1.54, 1.807) is 0 Å². The summed E-state index contributed by atoms with van der Waals surface area (Å²) in [5.74, 6) is 0. The maximum Gasteiger partial charge on any atom is 0.111 e. The Kier molecular flexibility index (Phi) is 7.87. The first-order valence-electron chi connectivity index (χ1n) is 5.29. The van der Waals surface area contributed by atoms with Crippen molar-refractivity contribution in [3.05, 3.63) is 23.3 Å². The molecule has 0 heterocycles. The molecule has 0 saturated carbocycles. The van der Waals surface area contributed by atoms with Crippen LogP contribution in [0.1, 0.15) is 40.0 Å². The lowest BCUT2D eigenvalue weighted by Crippen LogP contribution is -1.82. The zero-order valence-electron chi connectivity index (χ0n) is 9.56. The number of unbranched alkanes of at least 4 members (excludes halogenated alkanes) is 1. The molecule has 0 saturated heterocycles. The molecular weight excluding hydrogens is 155 g/mol. The average Bonchev–Trinajstić information content (AvgIpc) is 2.12. The van der Waals surface area contributed by atoms with Gasteiger partial charge in [-0.3, -0.25) is 0 Å². The van der Waals surface area contributed by atoms with E-state index in [0.717, 1.165) is 6.32 Å². The highest BCUT2D eigenvalue weighted by atomic mass is 13.9. The minimum absolute atomic E-state index is 1.14. The van der Waals surface area contributed by atoms with Crippen molar-refractivity contribution >= 4 is 7.28 Å². The summed E-state index contributed by atoms with van der Waals surface area (Å²) >= 11 is 0. The number of hydrogen-bond acceptors (Lipinski definition) is 0. The Morgan fingerprint density at radius 1 is 1.08 bits per heavy atom. The quantitative estimate of drug-likeness (QED) is 0.323. The topological polar surface area (TPSA) is 0 Å². The van der Waals surface area contributed by atoms with Gasteiger partial charge in [-0.2, -0.15) is 0 Å². The van der Waals surface area contributed by atoms with Crippen LogP contribution in [0.25, 0.3) is 0 Å². The first-order chi connectivity index (χ1) is 6.20. The van der Waals surface area contributed by atoms with Gasteiger partial charge in [0, 0.05) is 0 Å². The highest BCUT2D eigenvalue weighted by molar-refractivity contribution is 6.34. The van der Waals surface area contributed by atoms with Gasteiger partial charge in [0.1, 0.15) is 7.28 Å². The van der Waals surface area contributed by atoms with Crippen LogP contribution in [0.5, 0.6) is 0 Å². The van der Waals surface area contributed by atoms with Gasteiger partial charge in [-0.25, -0.2) is 0 Å². The molecule has 0 spiro atoms. The molecule has 1 radical (unpaired) electrons. The first-order valence-corrected chi connectivity index (χ1v) is 5.29. The lowest BCUT2D eigenvalue weighted by molar-refractivity contribution is 0.989. The summed E-state index contributed by atoms with van der Waals surface area (Å²) in [6.45, 7) is 8.73. The maximum absolute atomic E-state index is 2.35. The molecule has 0 amide bonds. The molecule has 73 valence electrons. The predicted molar refractivity (Wildman–Crippen MR) is 63.5 cm³/mol. The second kappa shape index (κ2) is 8.16. The summed E-state index contributed by atoms with van der Waals surface area (Å²) in [5, 5.41) is 0. The van der Waals surface area contributed by atoms with Crippen LogP contribution in [0.3, 0.4) is 0 Å². The van der Waals surface area contributed by atoms with Crippen molar-refractivity contribution < 1.29 is 0 Å². The van der Waals surface area contributed by atoms with E-state index in [-0.39, 0.29) is 0 Å². The van der Waals surface area contributed by atoms with Crippen LogP contribution < -0.4 is 0 Å². The first kappa shape index (κ1) is 12.5. The minimum Gasteiger partial charge on any atom is -0.0917 e. The van der Waals surface area contributed by atoms with Crippen molar-refractivity contribution in [3.8, 4) is 0 Å². The summed E-state index contributed by atoms with van der Waals surface area (Å²) in [5.41, 5.74) is 3.00. The third-order valence-electron chi connectivity index (χ3n) is 2.24. The fourth-order valence-corrected chi connectivity index (χ4v) is 1.21. The second-order valence-electron chi connectivity index (χ2n) is 3.64. The molecule has 0 aromatic rings. The molecule has 0 aromatic heterocycles. The lowest BCUT2D eigenvalue weighted by Gasteiger charge is -1.97. The van der Waals surface area contributed by atoms with E-state index in [4.69, 9.17) is 0 Å². The van der Waals surface area contributed by atoms with Gasteiger partial charge < -0.3 is 0 Å².